The maximum Gasteiger partial charge on any atom is 0.340 e. The Balaban J connectivity index is 2.03. The minimum atomic E-state index is -0.527. The van der Waals surface area contributed by atoms with Crippen LogP contribution in [0, 0.1) is 10.1 Å². The summed E-state index contributed by atoms with van der Waals surface area (Å²) in [6, 6.07) is 7.34. The molecule has 1 aromatic heterocycles. The number of nitro benzene ring substituents is 1. The lowest BCUT2D eigenvalue weighted by Gasteiger charge is -2.02. The van der Waals surface area contributed by atoms with Gasteiger partial charge in [-0.15, -0.1) is 11.3 Å². The van der Waals surface area contributed by atoms with Crippen LogP contribution in [0.5, 0.6) is 0 Å². The third-order valence-corrected chi connectivity index (χ3v) is 3.67. The van der Waals surface area contributed by atoms with Crippen LogP contribution in [-0.2, 0) is 9.53 Å². The van der Waals surface area contributed by atoms with E-state index in [1.165, 1.54) is 54.9 Å². The number of ether oxygens (including phenoxy) is 1. The van der Waals surface area contributed by atoms with Gasteiger partial charge in [-0.05, 0) is 35.2 Å². The lowest BCUT2D eigenvalue weighted by molar-refractivity contribution is -0.384. The van der Waals surface area contributed by atoms with Gasteiger partial charge in [-0.25, -0.2) is 4.79 Å². The molecule has 0 aliphatic rings. The predicted molar refractivity (Wildman–Crippen MR) is 86.4 cm³/mol. The molecule has 1 N–H and O–H groups in total. The number of methoxy groups -OCH3 is 1. The highest BCUT2D eigenvalue weighted by atomic mass is 32.1. The van der Waals surface area contributed by atoms with Crippen molar-refractivity contribution in [1.29, 1.82) is 0 Å². The van der Waals surface area contributed by atoms with E-state index in [4.69, 9.17) is 0 Å². The van der Waals surface area contributed by atoms with Crippen LogP contribution in [0.4, 0.5) is 10.7 Å². The molecular weight excluding hydrogens is 320 g/mol. The number of anilines is 1. The van der Waals surface area contributed by atoms with Gasteiger partial charge in [0, 0.05) is 18.2 Å². The number of rotatable bonds is 5. The van der Waals surface area contributed by atoms with Gasteiger partial charge < -0.3 is 10.1 Å². The Hall–Kier alpha value is -3.00. The van der Waals surface area contributed by atoms with Crippen molar-refractivity contribution < 1.29 is 19.2 Å². The first-order valence-corrected chi connectivity index (χ1v) is 7.28. The van der Waals surface area contributed by atoms with Crippen LogP contribution in [0.15, 0.2) is 41.8 Å². The van der Waals surface area contributed by atoms with Crippen molar-refractivity contribution in [3.05, 3.63) is 63.0 Å². The Labute approximate surface area is 135 Å². The standard InChI is InChI=1S/C15H12N2O5S/c1-22-15(19)12-8-9-23-14(12)16-13(18)7-4-10-2-5-11(6-3-10)17(20)21/h2-9H,1H3,(H,16,18)/b7-4+. The van der Waals surface area contributed by atoms with E-state index in [0.717, 1.165) is 0 Å². The van der Waals surface area contributed by atoms with Gasteiger partial charge in [0.1, 0.15) is 5.00 Å². The summed E-state index contributed by atoms with van der Waals surface area (Å²) in [6.45, 7) is 0. The van der Waals surface area contributed by atoms with Gasteiger partial charge in [0.2, 0.25) is 5.91 Å². The van der Waals surface area contributed by atoms with E-state index in [1.807, 2.05) is 0 Å². The first-order chi connectivity index (χ1) is 11.0. The number of carbonyl (C=O) groups is 2. The van der Waals surface area contributed by atoms with Crippen LogP contribution < -0.4 is 5.32 Å². The van der Waals surface area contributed by atoms with Crippen molar-refractivity contribution >= 4 is 40.0 Å². The topological polar surface area (TPSA) is 98.5 Å². The quantitative estimate of drug-likeness (QED) is 0.392. The molecule has 8 heteroatoms. The van der Waals surface area contributed by atoms with E-state index >= 15 is 0 Å². The molecule has 0 radical (unpaired) electrons. The van der Waals surface area contributed by atoms with E-state index in [0.29, 0.717) is 10.6 Å². The molecule has 0 saturated carbocycles. The summed E-state index contributed by atoms with van der Waals surface area (Å²) in [4.78, 5) is 33.4. The van der Waals surface area contributed by atoms with E-state index in [-0.39, 0.29) is 11.3 Å². The molecule has 0 unspecified atom stereocenters. The second-order valence-corrected chi connectivity index (χ2v) is 5.24. The molecule has 7 nitrogen and oxygen atoms in total. The number of benzene rings is 1. The second kappa shape index (κ2) is 7.32. The maximum absolute atomic E-state index is 11.9. The first kappa shape index (κ1) is 16.4. The SMILES string of the molecule is COC(=O)c1ccsc1NC(=O)/C=C/c1ccc([N+](=O)[O-])cc1. The fourth-order valence-corrected chi connectivity index (χ4v) is 2.49. The molecule has 0 fully saturated rings. The van der Waals surface area contributed by atoms with Crippen molar-refractivity contribution in [3.63, 3.8) is 0 Å². The molecule has 0 bridgehead atoms. The first-order valence-electron chi connectivity index (χ1n) is 6.40. The number of carbonyl (C=O) groups excluding carboxylic acids is 2. The fourth-order valence-electron chi connectivity index (χ4n) is 1.71. The van der Waals surface area contributed by atoms with Crippen LogP contribution in [0.3, 0.4) is 0 Å². The Morgan fingerprint density at radius 3 is 2.57 bits per heavy atom. The number of non-ortho nitro benzene ring substituents is 1. The molecule has 0 aliphatic heterocycles. The summed E-state index contributed by atoms with van der Waals surface area (Å²) in [6.07, 6.45) is 2.80. The lowest BCUT2D eigenvalue weighted by Crippen LogP contribution is -2.10. The number of hydrogen-bond acceptors (Lipinski definition) is 6. The third kappa shape index (κ3) is 4.24. The van der Waals surface area contributed by atoms with E-state index in [9.17, 15) is 19.7 Å². The van der Waals surface area contributed by atoms with Gasteiger partial charge in [0.15, 0.2) is 0 Å². The number of nitro groups is 1. The molecule has 2 rings (SSSR count). The summed E-state index contributed by atoms with van der Waals surface area (Å²) >= 11 is 1.21. The Morgan fingerprint density at radius 2 is 1.96 bits per heavy atom. The molecule has 0 atom stereocenters. The number of nitrogens with one attached hydrogen (secondary N) is 1. The maximum atomic E-state index is 11.9. The molecular formula is C15H12N2O5S. The zero-order valence-corrected chi connectivity index (χ0v) is 12.8. The fraction of sp³-hybridized carbons (Fsp3) is 0.0667. The summed E-state index contributed by atoms with van der Waals surface area (Å²) in [5, 5.41) is 15.2. The molecule has 1 heterocycles. The molecule has 0 aliphatic carbocycles. The number of nitrogens with zero attached hydrogens (tertiary/aromatic N) is 1. The Bertz CT molecular complexity index is 764. The van der Waals surface area contributed by atoms with Crippen molar-refractivity contribution in [3.8, 4) is 0 Å². The second-order valence-electron chi connectivity index (χ2n) is 4.33. The van der Waals surface area contributed by atoms with Gasteiger partial charge >= 0.3 is 5.97 Å². The van der Waals surface area contributed by atoms with Crippen LogP contribution in [-0.4, -0.2) is 23.9 Å². The highest BCUT2D eigenvalue weighted by molar-refractivity contribution is 7.14. The molecule has 1 amide bonds. The van der Waals surface area contributed by atoms with Gasteiger partial charge in [-0.3, -0.25) is 14.9 Å². The van der Waals surface area contributed by atoms with Crippen molar-refractivity contribution in [1.82, 2.24) is 0 Å². The monoisotopic (exact) mass is 332 g/mol. The number of amides is 1. The molecule has 23 heavy (non-hydrogen) atoms. The summed E-state index contributed by atoms with van der Waals surface area (Å²) in [5.41, 5.74) is 0.910. The van der Waals surface area contributed by atoms with Crippen LogP contribution in [0.2, 0.25) is 0 Å². The van der Waals surface area contributed by atoms with E-state index < -0.39 is 16.8 Å². The third-order valence-electron chi connectivity index (χ3n) is 2.84. The summed E-state index contributed by atoms with van der Waals surface area (Å²) < 4.78 is 4.62. The highest BCUT2D eigenvalue weighted by Gasteiger charge is 2.14. The largest absolute Gasteiger partial charge is 0.465 e. The predicted octanol–water partition coefficient (Wildman–Crippen LogP) is 3.09. The molecule has 0 saturated heterocycles. The smallest absolute Gasteiger partial charge is 0.340 e. The van der Waals surface area contributed by atoms with Gasteiger partial charge in [0.05, 0.1) is 17.6 Å². The van der Waals surface area contributed by atoms with Crippen molar-refractivity contribution in [2.24, 2.45) is 0 Å². The average molecular weight is 332 g/mol. The Kier molecular flexibility index (Phi) is 5.21. The van der Waals surface area contributed by atoms with Gasteiger partial charge in [-0.2, -0.15) is 0 Å². The molecule has 0 spiro atoms. The number of hydrogen-bond donors (Lipinski definition) is 1. The summed E-state index contributed by atoms with van der Waals surface area (Å²) in [5.74, 6) is -0.947. The highest BCUT2D eigenvalue weighted by Crippen LogP contribution is 2.24. The lowest BCUT2D eigenvalue weighted by atomic mass is 10.2. The normalized spacial score (nSPS) is 10.5. The summed E-state index contributed by atoms with van der Waals surface area (Å²) in [7, 11) is 1.26. The Morgan fingerprint density at radius 1 is 1.26 bits per heavy atom. The van der Waals surface area contributed by atoms with Crippen molar-refractivity contribution in [2.75, 3.05) is 12.4 Å². The molecule has 118 valence electrons. The van der Waals surface area contributed by atoms with Gasteiger partial charge in [0.25, 0.3) is 5.69 Å². The minimum Gasteiger partial charge on any atom is -0.465 e. The van der Waals surface area contributed by atoms with Crippen LogP contribution >= 0.6 is 11.3 Å². The van der Waals surface area contributed by atoms with Crippen LogP contribution in [0.25, 0.3) is 6.08 Å². The van der Waals surface area contributed by atoms with E-state index in [2.05, 4.69) is 10.1 Å². The number of thiophene rings is 1. The van der Waals surface area contributed by atoms with Crippen molar-refractivity contribution in [2.45, 2.75) is 0 Å². The van der Waals surface area contributed by atoms with Crippen LogP contribution in [0.1, 0.15) is 15.9 Å². The minimum absolute atomic E-state index is 0.0205. The number of esters is 1. The van der Waals surface area contributed by atoms with E-state index in [1.54, 1.807) is 11.4 Å². The molecule has 2 aromatic rings. The zero-order valence-electron chi connectivity index (χ0n) is 12.0. The zero-order chi connectivity index (χ0) is 16.8. The van der Waals surface area contributed by atoms with Gasteiger partial charge in [-0.1, -0.05) is 0 Å². The average Bonchev–Trinajstić information content (AvgIpc) is 3.00. The molecule has 1 aromatic carbocycles.